The summed E-state index contributed by atoms with van der Waals surface area (Å²) >= 11 is 0. The molecule has 2 aromatic rings. The van der Waals surface area contributed by atoms with Crippen molar-refractivity contribution in [3.63, 3.8) is 0 Å². The van der Waals surface area contributed by atoms with Gasteiger partial charge in [-0.1, -0.05) is 43.7 Å². The van der Waals surface area contributed by atoms with Gasteiger partial charge in [-0.2, -0.15) is 4.39 Å². The van der Waals surface area contributed by atoms with E-state index < -0.39 is 11.6 Å². The molecule has 2 aliphatic carbocycles. The fourth-order valence-electron chi connectivity index (χ4n) is 5.63. The van der Waals surface area contributed by atoms with Crippen molar-refractivity contribution in [2.24, 2.45) is 17.8 Å². The van der Waals surface area contributed by atoms with Gasteiger partial charge in [0, 0.05) is 0 Å². The first-order valence-corrected chi connectivity index (χ1v) is 11.7. The zero-order valence-electron chi connectivity index (χ0n) is 18.3. The van der Waals surface area contributed by atoms with Crippen molar-refractivity contribution in [2.75, 3.05) is 6.61 Å². The van der Waals surface area contributed by atoms with E-state index >= 15 is 0 Å². The molecular formula is C27H34F2O. The third kappa shape index (κ3) is 4.71. The molecule has 162 valence electrons. The lowest BCUT2D eigenvalue weighted by Gasteiger charge is -2.42. The summed E-state index contributed by atoms with van der Waals surface area (Å²) in [5.41, 5.74) is 3.27. The van der Waals surface area contributed by atoms with Crippen LogP contribution < -0.4 is 4.74 Å². The molecule has 0 aromatic heterocycles. The summed E-state index contributed by atoms with van der Waals surface area (Å²) in [4.78, 5) is 0. The Morgan fingerprint density at radius 3 is 2.37 bits per heavy atom. The molecule has 3 heteroatoms. The number of ether oxygens (including phenoxy) is 1. The van der Waals surface area contributed by atoms with Gasteiger partial charge in [0.2, 0.25) is 5.82 Å². The summed E-state index contributed by atoms with van der Waals surface area (Å²) in [6.45, 7) is 4.29. The number of benzene rings is 2. The summed E-state index contributed by atoms with van der Waals surface area (Å²) in [7, 11) is 0. The minimum absolute atomic E-state index is 0.0513. The maximum Gasteiger partial charge on any atom is 0.200 e. The standard InChI is InChI=1S/C27H34F2O/c1-3-4-19-6-9-21(10-7-19)23-13-12-22-15-20(8-11-24(22)16-23)17-30-25-14-5-18(2)26(28)27(25)29/h5-7,9-10,14,20,22-24H,3-4,8,11-13,15-17H2,1-2H3. The zero-order chi connectivity index (χ0) is 21.1. The minimum atomic E-state index is -0.853. The Morgan fingerprint density at radius 1 is 0.867 bits per heavy atom. The molecule has 0 radical (unpaired) electrons. The first-order chi connectivity index (χ1) is 14.5. The second-order valence-corrected chi connectivity index (χ2v) is 9.52. The predicted octanol–water partition coefficient (Wildman–Crippen LogP) is 7.60. The topological polar surface area (TPSA) is 9.23 Å². The smallest absolute Gasteiger partial charge is 0.200 e. The molecule has 30 heavy (non-hydrogen) atoms. The molecule has 2 aromatic carbocycles. The second-order valence-electron chi connectivity index (χ2n) is 9.52. The summed E-state index contributed by atoms with van der Waals surface area (Å²) < 4.78 is 33.5. The van der Waals surface area contributed by atoms with Crippen LogP contribution in [0.1, 0.15) is 74.5 Å². The highest BCUT2D eigenvalue weighted by Gasteiger charge is 2.36. The van der Waals surface area contributed by atoms with Gasteiger partial charge in [0.05, 0.1) is 6.61 Å². The Labute approximate surface area is 179 Å². The predicted molar refractivity (Wildman–Crippen MR) is 118 cm³/mol. The number of hydrogen-bond acceptors (Lipinski definition) is 1. The Balaban J connectivity index is 1.30. The van der Waals surface area contributed by atoms with Gasteiger partial charge in [-0.15, -0.1) is 0 Å². The largest absolute Gasteiger partial charge is 0.490 e. The highest BCUT2D eigenvalue weighted by molar-refractivity contribution is 5.30. The van der Waals surface area contributed by atoms with Crippen LogP contribution in [0.15, 0.2) is 36.4 Å². The van der Waals surface area contributed by atoms with Crippen LogP contribution in [0.2, 0.25) is 0 Å². The van der Waals surface area contributed by atoms with E-state index in [0.717, 1.165) is 31.1 Å². The molecule has 4 rings (SSSR count). The van der Waals surface area contributed by atoms with Crippen LogP contribution in [0.25, 0.3) is 0 Å². The van der Waals surface area contributed by atoms with Gasteiger partial charge < -0.3 is 4.74 Å². The van der Waals surface area contributed by atoms with Gasteiger partial charge in [0.25, 0.3) is 0 Å². The molecule has 2 fully saturated rings. The van der Waals surface area contributed by atoms with Crippen molar-refractivity contribution >= 4 is 0 Å². The van der Waals surface area contributed by atoms with E-state index in [9.17, 15) is 8.78 Å². The fraction of sp³-hybridized carbons (Fsp3) is 0.556. The maximum atomic E-state index is 14.1. The van der Waals surface area contributed by atoms with Gasteiger partial charge in [-0.3, -0.25) is 0 Å². The monoisotopic (exact) mass is 412 g/mol. The molecule has 1 nitrogen and oxygen atoms in total. The van der Waals surface area contributed by atoms with Gasteiger partial charge >= 0.3 is 0 Å². The Kier molecular flexibility index (Phi) is 6.75. The molecular weight excluding hydrogens is 378 g/mol. The third-order valence-electron chi connectivity index (χ3n) is 7.43. The van der Waals surface area contributed by atoms with E-state index in [-0.39, 0.29) is 5.75 Å². The maximum absolute atomic E-state index is 14.1. The number of rotatable bonds is 6. The molecule has 4 unspecified atom stereocenters. The van der Waals surface area contributed by atoms with E-state index in [0.29, 0.717) is 24.0 Å². The summed E-state index contributed by atoms with van der Waals surface area (Å²) in [5, 5.41) is 0. The van der Waals surface area contributed by atoms with Crippen molar-refractivity contribution in [1.82, 2.24) is 0 Å². The number of hydrogen-bond donors (Lipinski definition) is 0. The summed E-state index contributed by atoms with van der Waals surface area (Å²) in [5.74, 6) is 1.09. The quantitative estimate of drug-likeness (QED) is 0.474. The fourth-order valence-corrected chi connectivity index (χ4v) is 5.63. The highest BCUT2D eigenvalue weighted by atomic mass is 19.2. The normalized spacial score (nSPS) is 26.3. The molecule has 2 aliphatic rings. The van der Waals surface area contributed by atoms with E-state index in [2.05, 4.69) is 31.2 Å². The van der Waals surface area contributed by atoms with Crippen LogP contribution in [0.3, 0.4) is 0 Å². The molecule has 4 atom stereocenters. The number of halogens is 2. The van der Waals surface area contributed by atoms with Crippen LogP contribution in [0.4, 0.5) is 8.78 Å². The Morgan fingerprint density at radius 2 is 1.60 bits per heavy atom. The van der Waals surface area contributed by atoms with Crippen LogP contribution >= 0.6 is 0 Å². The molecule has 2 saturated carbocycles. The van der Waals surface area contributed by atoms with Gasteiger partial charge in [0.15, 0.2) is 11.6 Å². The lowest BCUT2D eigenvalue weighted by Crippen LogP contribution is -2.32. The minimum Gasteiger partial charge on any atom is -0.490 e. The van der Waals surface area contributed by atoms with Crippen molar-refractivity contribution in [2.45, 2.75) is 71.1 Å². The average Bonchev–Trinajstić information content (AvgIpc) is 2.77. The van der Waals surface area contributed by atoms with Gasteiger partial charge in [-0.05, 0) is 98.3 Å². The Hall–Kier alpha value is -1.90. The third-order valence-corrected chi connectivity index (χ3v) is 7.43. The van der Waals surface area contributed by atoms with Gasteiger partial charge in [0.1, 0.15) is 0 Å². The molecule has 0 spiro atoms. The second kappa shape index (κ2) is 9.49. The van der Waals surface area contributed by atoms with E-state index in [1.807, 2.05) is 0 Å². The lowest BCUT2D eigenvalue weighted by molar-refractivity contribution is 0.0902. The van der Waals surface area contributed by atoms with E-state index in [1.165, 1.54) is 43.2 Å². The van der Waals surface area contributed by atoms with Gasteiger partial charge in [-0.25, -0.2) is 4.39 Å². The average molecular weight is 413 g/mol. The van der Waals surface area contributed by atoms with E-state index in [4.69, 9.17) is 4.74 Å². The molecule has 0 amide bonds. The summed E-state index contributed by atoms with van der Waals surface area (Å²) in [6, 6.07) is 12.5. The van der Waals surface area contributed by atoms with Crippen molar-refractivity contribution < 1.29 is 13.5 Å². The van der Waals surface area contributed by atoms with Crippen molar-refractivity contribution in [3.8, 4) is 5.75 Å². The molecule has 0 N–H and O–H groups in total. The molecule has 0 heterocycles. The highest BCUT2D eigenvalue weighted by Crippen LogP contribution is 2.47. The van der Waals surface area contributed by atoms with Crippen LogP contribution in [-0.4, -0.2) is 6.61 Å². The number of fused-ring (bicyclic) bond motifs is 1. The van der Waals surface area contributed by atoms with Crippen LogP contribution in [0.5, 0.6) is 5.75 Å². The molecule has 0 aliphatic heterocycles. The molecule has 0 bridgehead atoms. The molecule has 0 saturated heterocycles. The van der Waals surface area contributed by atoms with Crippen molar-refractivity contribution in [3.05, 3.63) is 64.7 Å². The lowest BCUT2D eigenvalue weighted by atomic mass is 9.64. The van der Waals surface area contributed by atoms with E-state index in [1.54, 1.807) is 19.1 Å². The first-order valence-electron chi connectivity index (χ1n) is 11.7. The first kappa shape index (κ1) is 21.3. The van der Waals surface area contributed by atoms with Crippen LogP contribution in [0, 0.1) is 36.3 Å². The number of aryl methyl sites for hydroxylation is 2. The zero-order valence-corrected chi connectivity index (χ0v) is 18.3. The van der Waals surface area contributed by atoms with Crippen LogP contribution in [-0.2, 0) is 6.42 Å². The Bertz CT molecular complexity index is 845. The SMILES string of the molecule is CCCc1ccc(C2CCC3CC(COc4ccc(C)c(F)c4F)CCC3C2)cc1. The van der Waals surface area contributed by atoms with Crippen molar-refractivity contribution in [1.29, 1.82) is 0 Å². The summed E-state index contributed by atoms with van der Waals surface area (Å²) in [6.07, 6.45) is 9.70.